The molecule has 8 heteroatoms. The average Bonchev–Trinajstić information content (AvgIpc) is 2.35. The third kappa shape index (κ3) is 3.13. The number of rotatable bonds is 4. The minimum atomic E-state index is -4.59. The zero-order chi connectivity index (χ0) is 15.7. The van der Waals surface area contributed by atoms with Gasteiger partial charge < -0.3 is 5.73 Å². The van der Waals surface area contributed by atoms with Gasteiger partial charge in [-0.2, -0.15) is 17.5 Å². The minimum absolute atomic E-state index is 0.0771. The molecular formula is C12H17F3N2O2S. The Balaban J connectivity index is 3.41. The molecule has 0 saturated carbocycles. The van der Waals surface area contributed by atoms with Gasteiger partial charge in [0.05, 0.1) is 10.5 Å². The summed E-state index contributed by atoms with van der Waals surface area (Å²) in [7, 11) is -2.71. The second-order valence-corrected chi connectivity index (χ2v) is 6.50. The normalized spacial score (nSPS) is 14.6. The predicted molar refractivity (Wildman–Crippen MR) is 69.6 cm³/mol. The van der Waals surface area contributed by atoms with Gasteiger partial charge in [0.15, 0.2) is 0 Å². The Labute approximate surface area is 116 Å². The largest absolute Gasteiger partial charge is 0.416 e. The fourth-order valence-corrected chi connectivity index (χ4v) is 3.36. The van der Waals surface area contributed by atoms with E-state index in [0.717, 1.165) is 23.4 Å². The number of halogens is 3. The lowest BCUT2D eigenvalue weighted by molar-refractivity contribution is -0.138. The molecule has 0 aliphatic heterocycles. The van der Waals surface area contributed by atoms with Crippen LogP contribution in [0.5, 0.6) is 0 Å². The minimum Gasteiger partial charge on any atom is -0.329 e. The van der Waals surface area contributed by atoms with Gasteiger partial charge in [-0.05, 0) is 31.5 Å². The standard InChI is InChI=1S/C12H17F3N2O2S/c1-8(7-16)17(3)20(18,19)11-6-4-5-10(9(11)2)12(13,14)15/h4-6,8H,7,16H2,1-3H3. The summed E-state index contributed by atoms with van der Waals surface area (Å²) in [5.74, 6) is 0. The van der Waals surface area contributed by atoms with Gasteiger partial charge in [0.2, 0.25) is 10.0 Å². The van der Waals surface area contributed by atoms with E-state index in [1.807, 2.05) is 0 Å². The summed E-state index contributed by atoms with van der Waals surface area (Å²) >= 11 is 0. The lowest BCUT2D eigenvalue weighted by Gasteiger charge is -2.24. The fraction of sp³-hybridized carbons (Fsp3) is 0.500. The van der Waals surface area contributed by atoms with Crippen molar-refractivity contribution in [3.05, 3.63) is 29.3 Å². The molecule has 1 rings (SSSR count). The molecule has 1 aromatic carbocycles. The molecule has 4 nitrogen and oxygen atoms in total. The highest BCUT2D eigenvalue weighted by atomic mass is 32.2. The van der Waals surface area contributed by atoms with Crippen LogP contribution in [0, 0.1) is 6.92 Å². The third-order valence-electron chi connectivity index (χ3n) is 3.21. The van der Waals surface area contributed by atoms with Crippen LogP contribution in [0.4, 0.5) is 13.2 Å². The van der Waals surface area contributed by atoms with Crippen LogP contribution in [0.1, 0.15) is 18.1 Å². The number of sulfonamides is 1. The quantitative estimate of drug-likeness (QED) is 0.925. The monoisotopic (exact) mass is 310 g/mol. The molecule has 0 bridgehead atoms. The Hall–Kier alpha value is -1.12. The van der Waals surface area contributed by atoms with E-state index in [4.69, 9.17) is 5.73 Å². The van der Waals surface area contributed by atoms with E-state index < -0.39 is 27.8 Å². The Morgan fingerprint density at radius 1 is 1.35 bits per heavy atom. The first-order chi connectivity index (χ1) is 9.03. The number of likely N-dealkylation sites (N-methyl/N-ethyl adjacent to an activating group) is 1. The first kappa shape index (κ1) is 16.9. The topological polar surface area (TPSA) is 63.4 Å². The smallest absolute Gasteiger partial charge is 0.329 e. The molecule has 0 fully saturated rings. The van der Waals surface area contributed by atoms with Gasteiger partial charge >= 0.3 is 6.18 Å². The summed E-state index contributed by atoms with van der Waals surface area (Å²) in [6.45, 7) is 2.81. The van der Waals surface area contributed by atoms with E-state index in [0.29, 0.717) is 0 Å². The first-order valence-corrected chi connectivity index (χ1v) is 7.32. The van der Waals surface area contributed by atoms with Crippen molar-refractivity contribution in [2.45, 2.75) is 31.0 Å². The van der Waals surface area contributed by atoms with Crippen LogP contribution < -0.4 is 5.73 Å². The molecule has 1 unspecified atom stereocenters. The molecule has 0 aliphatic rings. The van der Waals surface area contributed by atoms with E-state index in [1.54, 1.807) is 6.92 Å². The van der Waals surface area contributed by atoms with E-state index in [2.05, 4.69) is 0 Å². The third-order valence-corrected chi connectivity index (χ3v) is 5.32. The van der Waals surface area contributed by atoms with Crippen LogP contribution in [-0.2, 0) is 16.2 Å². The van der Waals surface area contributed by atoms with Gasteiger partial charge in [0.1, 0.15) is 0 Å². The maximum Gasteiger partial charge on any atom is 0.416 e. The molecule has 20 heavy (non-hydrogen) atoms. The second kappa shape index (κ2) is 5.71. The van der Waals surface area contributed by atoms with E-state index >= 15 is 0 Å². The molecule has 0 saturated heterocycles. The Morgan fingerprint density at radius 2 is 1.90 bits per heavy atom. The predicted octanol–water partition coefficient (Wildman–Crippen LogP) is 1.98. The number of alkyl halides is 3. The maximum atomic E-state index is 12.8. The van der Waals surface area contributed by atoms with Gasteiger partial charge in [-0.3, -0.25) is 0 Å². The molecule has 114 valence electrons. The van der Waals surface area contributed by atoms with E-state index in [1.165, 1.54) is 13.1 Å². The average molecular weight is 310 g/mol. The number of hydrogen-bond acceptors (Lipinski definition) is 3. The summed E-state index contributed by atoms with van der Waals surface area (Å²) in [6, 6.07) is 2.61. The summed E-state index contributed by atoms with van der Waals surface area (Å²) in [5.41, 5.74) is 4.14. The molecule has 2 N–H and O–H groups in total. The number of nitrogens with zero attached hydrogens (tertiary/aromatic N) is 1. The van der Waals surface area contributed by atoms with Crippen molar-refractivity contribution in [1.82, 2.24) is 4.31 Å². The van der Waals surface area contributed by atoms with Crippen LogP contribution in [0.15, 0.2) is 23.1 Å². The van der Waals surface area contributed by atoms with Crippen molar-refractivity contribution in [3.8, 4) is 0 Å². The van der Waals surface area contributed by atoms with Crippen LogP contribution >= 0.6 is 0 Å². The van der Waals surface area contributed by atoms with E-state index in [-0.39, 0.29) is 17.0 Å². The van der Waals surface area contributed by atoms with Gasteiger partial charge in [0, 0.05) is 19.6 Å². The van der Waals surface area contributed by atoms with E-state index in [9.17, 15) is 21.6 Å². The van der Waals surface area contributed by atoms with Gasteiger partial charge in [-0.15, -0.1) is 0 Å². The molecule has 0 radical (unpaired) electrons. The Morgan fingerprint density at radius 3 is 2.35 bits per heavy atom. The van der Waals surface area contributed by atoms with Gasteiger partial charge in [-0.25, -0.2) is 8.42 Å². The Bertz CT molecular complexity index is 585. The van der Waals surface area contributed by atoms with Gasteiger partial charge in [-0.1, -0.05) is 6.07 Å². The summed E-state index contributed by atoms with van der Waals surface area (Å²) in [5, 5.41) is 0. The lowest BCUT2D eigenvalue weighted by atomic mass is 10.1. The highest BCUT2D eigenvalue weighted by molar-refractivity contribution is 7.89. The fourth-order valence-electron chi connectivity index (χ4n) is 1.74. The highest BCUT2D eigenvalue weighted by Crippen LogP contribution is 2.34. The van der Waals surface area contributed by atoms with Crippen molar-refractivity contribution in [2.75, 3.05) is 13.6 Å². The van der Waals surface area contributed by atoms with Crippen LogP contribution in [0.25, 0.3) is 0 Å². The first-order valence-electron chi connectivity index (χ1n) is 5.88. The van der Waals surface area contributed by atoms with Crippen LogP contribution in [-0.4, -0.2) is 32.4 Å². The van der Waals surface area contributed by atoms with Crippen molar-refractivity contribution >= 4 is 10.0 Å². The molecule has 0 heterocycles. The second-order valence-electron chi connectivity index (χ2n) is 4.53. The van der Waals surface area contributed by atoms with Crippen molar-refractivity contribution < 1.29 is 21.6 Å². The summed E-state index contributed by atoms with van der Waals surface area (Å²) < 4.78 is 64.1. The molecule has 1 atom stereocenters. The maximum absolute atomic E-state index is 12.8. The molecule has 0 aliphatic carbocycles. The zero-order valence-corrected chi connectivity index (χ0v) is 12.2. The molecule has 0 spiro atoms. The molecule has 0 amide bonds. The molecular weight excluding hydrogens is 293 g/mol. The van der Waals surface area contributed by atoms with Crippen LogP contribution in [0.2, 0.25) is 0 Å². The zero-order valence-electron chi connectivity index (χ0n) is 11.4. The summed E-state index contributed by atoms with van der Waals surface area (Å²) in [6.07, 6.45) is -4.59. The lowest BCUT2D eigenvalue weighted by Crippen LogP contribution is -2.40. The Kier molecular flexibility index (Phi) is 4.83. The summed E-state index contributed by atoms with van der Waals surface area (Å²) in [4.78, 5) is -0.352. The van der Waals surface area contributed by atoms with Crippen molar-refractivity contribution in [3.63, 3.8) is 0 Å². The number of benzene rings is 1. The highest BCUT2D eigenvalue weighted by Gasteiger charge is 2.35. The van der Waals surface area contributed by atoms with Crippen molar-refractivity contribution in [2.24, 2.45) is 5.73 Å². The molecule has 0 aromatic heterocycles. The van der Waals surface area contributed by atoms with Crippen LogP contribution in [0.3, 0.4) is 0 Å². The SMILES string of the molecule is Cc1c(C(F)(F)F)cccc1S(=O)(=O)N(C)C(C)CN. The van der Waals surface area contributed by atoms with Crippen molar-refractivity contribution in [1.29, 1.82) is 0 Å². The number of hydrogen-bond donors (Lipinski definition) is 1. The number of nitrogens with two attached hydrogens (primary N) is 1. The molecule has 1 aromatic rings. The van der Waals surface area contributed by atoms with Gasteiger partial charge in [0.25, 0.3) is 0 Å².